The maximum absolute atomic E-state index is 12.5. The number of imidazole rings is 2. The molecule has 1 saturated carbocycles. The molecule has 2 aliphatic carbocycles. The van der Waals surface area contributed by atoms with Gasteiger partial charge in [0.1, 0.15) is 11.6 Å². The largest absolute Gasteiger partial charge is 0.465 e. The third kappa shape index (κ3) is 6.14. The van der Waals surface area contributed by atoms with Crippen molar-refractivity contribution in [1.82, 2.24) is 30.2 Å². The van der Waals surface area contributed by atoms with Gasteiger partial charge in [-0.15, -0.1) is 0 Å². The molecule has 4 heterocycles. The summed E-state index contributed by atoms with van der Waals surface area (Å²) >= 11 is 0. The molecule has 2 saturated heterocycles. The quantitative estimate of drug-likeness (QED) is 0.119. The first-order chi connectivity index (χ1) is 31.2. The van der Waals surface area contributed by atoms with Crippen LogP contribution in [0.1, 0.15) is 86.4 Å². The minimum Gasteiger partial charge on any atom is -0.465 e. The van der Waals surface area contributed by atoms with E-state index in [1.165, 1.54) is 40.6 Å². The summed E-state index contributed by atoms with van der Waals surface area (Å²) in [7, 11) is 1.42. The number of aromatic nitrogens is 4. The molecule has 2 aromatic heterocycles. The number of carboxylic acid groups (broad SMARTS) is 1. The number of alkyl carbamates (subject to hydrolysis) is 1. The summed E-state index contributed by atoms with van der Waals surface area (Å²) in [5, 5.41) is 17.6. The van der Waals surface area contributed by atoms with Gasteiger partial charge in [-0.2, -0.15) is 0 Å². The molecule has 8 aromatic rings. The smallest absolute Gasteiger partial charge is 0.408 e. The average molecular weight is 850 g/mol. The van der Waals surface area contributed by atoms with Crippen LogP contribution in [-0.4, -0.2) is 67.9 Å². The van der Waals surface area contributed by atoms with Gasteiger partial charge in [-0.25, -0.2) is 19.6 Å². The lowest BCUT2D eigenvalue weighted by molar-refractivity contribution is 0.0992. The lowest BCUT2D eigenvalue weighted by Gasteiger charge is -2.32. The van der Waals surface area contributed by atoms with Crippen molar-refractivity contribution >= 4 is 61.5 Å². The SMILES string of the molecule is COC(=O)N[C@@H](Cc1ccc2c(c1N1CCC[C@H]1c1nc3c(ccc4cc(-c5ccc6c(ccc7[nH]c(C8C9CCC(C9)N8C(=O)O)nc76)c5)ccc43)[nH]1)Cc1ccccc1-2)C(C)C. The van der Waals surface area contributed by atoms with Crippen molar-refractivity contribution in [1.29, 1.82) is 0 Å². The Hall–Kier alpha value is -6.88. The first-order valence-electron chi connectivity index (χ1n) is 22.9. The predicted octanol–water partition coefficient (Wildman–Crippen LogP) is 11.5. The van der Waals surface area contributed by atoms with Crippen LogP contribution >= 0.6 is 0 Å². The molecular weight excluding hydrogens is 799 g/mol. The Morgan fingerprint density at radius 2 is 1.53 bits per heavy atom. The molecule has 11 nitrogen and oxygen atoms in total. The molecule has 11 heteroatoms. The molecule has 5 atom stereocenters. The molecule has 0 spiro atoms. The molecule has 64 heavy (non-hydrogen) atoms. The van der Waals surface area contributed by atoms with E-state index in [1.807, 2.05) is 0 Å². The van der Waals surface area contributed by atoms with Crippen molar-refractivity contribution in [3.63, 3.8) is 0 Å². The van der Waals surface area contributed by atoms with Gasteiger partial charge in [0.2, 0.25) is 0 Å². The third-order valence-electron chi connectivity index (χ3n) is 15.0. The summed E-state index contributed by atoms with van der Waals surface area (Å²) in [6.07, 6.45) is 5.26. The van der Waals surface area contributed by atoms with Gasteiger partial charge in [-0.3, -0.25) is 4.90 Å². The number of fused-ring (bicyclic) bond motifs is 11. The second-order valence-electron chi connectivity index (χ2n) is 18.9. The van der Waals surface area contributed by atoms with Crippen LogP contribution in [0.4, 0.5) is 15.3 Å². The molecule has 12 rings (SSSR count). The van der Waals surface area contributed by atoms with Crippen LogP contribution in [0.3, 0.4) is 0 Å². The van der Waals surface area contributed by atoms with Crippen molar-refractivity contribution in [2.45, 2.75) is 83.0 Å². The number of H-pyrrole nitrogens is 2. The van der Waals surface area contributed by atoms with Crippen LogP contribution < -0.4 is 10.2 Å². The summed E-state index contributed by atoms with van der Waals surface area (Å²) in [6, 6.07) is 35.0. The zero-order valence-corrected chi connectivity index (χ0v) is 36.3. The highest BCUT2D eigenvalue weighted by Crippen LogP contribution is 2.51. The number of aromatic amines is 2. The highest BCUT2D eigenvalue weighted by atomic mass is 16.5. The minimum atomic E-state index is -0.855. The van der Waals surface area contributed by atoms with Gasteiger partial charge in [-0.1, -0.05) is 86.6 Å². The van der Waals surface area contributed by atoms with E-state index in [9.17, 15) is 14.7 Å². The van der Waals surface area contributed by atoms with Gasteiger partial charge in [0.25, 0.3) is 0 Å². The number of methoxy groups -OCH3 is 1. The Labute approximate surface area is 370 Å². The van der Waals surface area contributed by atoms with Crippen molar-refractivity contribution in [3.05, 3.63) is 125 Å². The summed E-state index contributed by atoms with van der Waals surface area (Å²) < 4.78 is 5.04. The van der Waals surface area contributed by atoms with E-state index < -0.39 is 12.2 Å². The van der Waals surface area contributed by atoms with Crippen molar-refractivity contribution in [3.8, 4) is 22.3 Å². The molecule has 3 unspecified atom stereocenters. The number of benzene rings is 6. The summed E-state index contributed by atoms with van der Waals surface area (Å²) in [6.45, 7) is 5.22. The molecule has 6 aromatic carbocycles. The molecular formula is C53H51N7O4. The molecule has 3 fully saturated rings. The Morgan fingerprint density at radius 1 is 0.828 bits per heavy atom. The number of nitrogens with zero attached hydrogens (tertiary/aromatic N) is 4. The van der Waals surface area contributed by atoms with Crippen LogP contribution in [0.5, 0.6) is 0 Å². The van der Waals surface area contributed by atoms with Crippen LogP contribution in [0.2, 0.25) is 0 Å². The number of hydrogen-bond donors (Lipinski definition) is 4. The normalized spacial score (nSPS) is 20.6. The van der Waals surface area contributed by atoms with Crippen molar-refractivity contribution in [2.75, 3.05) is 18.6 Å². The number of carbonyl (C=O) groups excluding carboxylic acids is 1. The topological polar surface area (TPSA) is 139 Å². The molecule has 2 amide bonds. The van der Waals surface area contributed by atoms with Crippen LogP contribution in [0, 0.1) is 11.8 Å². The number of rotatable bonds is 8. The van der Waals surface area contributed by atoms with Gasteiger partial charge < -0.3 is 30.0 Å². The van der Waals surface area contributed by atoms with Gasteiger partial charge in [-0.05, 0) is 124 Å². The lowest BCUT2D eigenvalue weighted by Crippen LogP contribution is -2.40. The van der Waals surface area contributed by atoms with E-state index in [-0.39, 0.29) is 30.1 Å². The predicted molar refractivity (Wildman–Crippen MR) is 252 cm³/mol. The maximum atomic E-state index is 12.5. The fraction of sp³-hybridized carbons (Fsp3) is 0.321. The second kappa shape index (κ2) is 14.9. The number of likely N-dealkylation sites (tertiary alicyclic amines) is 1. The number of carbonyl (C=O) groups is 2. The van der Waals surface area contributed by atoms with Gasteiger partial charge >= 0.3 is 12.2 Å². The summed E-state index contributed by atoms with van der Waals surface area (Å²) in [5.74, 6) is 2.27. The van der Waals surface area contributed by atoms with E-state index >= 15 is 0 Å². The third-order valence-corrected chi connectivity index (χ3v) is 15.0. The van der Waals surface area contributed by atoms with Crippen LogP contribution in [0.15, 0.2) is 97.1 Å². The summed E-state index contributed by atoms with van der Waals surface area (Å²) in [4.78, 5) is 46.7. The number of ether oxygens (including phenoxy) is 1. The maximum Gasteiger partial charge on any atom is 0.408 e. The average Bonchev–Trinajstić information content (AvgIpc) is 4.17. The Bertz CT molecular complexity index is 3200. The van der Waals surface area contributed by atoms with E-state index in [1.54, 1.807) is 4.90 Å². The Morgan fingerprint density at radius 3 is 2.23 bits per heavy atom. The Balaban J connectivity index is 0.869. The molecule has 4 aliphatic rings. The highest BCUT2D eigenvalue weighted by molar-refractivity contribution is 6.07. The first-order valence-corrected chi connectivity index (χ1v) is 22.9. The lowest BCUT2D eigenvalue weighted by atomic mass is 9.91. The molecule has 4 N–H and O–H groups in total. The van der Waals surface area contributed by atoms with Gasteiger partial charge in [0.15, 0.2) is 0 Å². The molecule has 0 radical (unpaired) electrons. The fourth-order valence-electron chi connectivity index (χ4n) is 11.9. The Kier molecular flexibility index (Phi) is 9.00. The first kappa shape index (κ1) is 38.8. The monoisotopic (exact) mass is 849 g/mol. The van der Waals surface area contributed by atoms with E-state index in [4.69, 9.17) is 14.7 Å². The van der Waals surface area contributed by atoms with Gasteiger partial charge in [0, 0.05) is 41.5 Å². The van der Waals surface area contributed by atoms with E-state index in [0.717, 1.165) is 111 Å². The molecule has 322 valence electrons. The van der Waals surface area contributed by atoms with E-state index in [0.29, 0.717) is 12.3 Å². The van der Waals surface area contributed by atoms with Crippen molar-refractivity contribution in [2.24, 2.45) is 11.8 Å². The summed E-state index contributed by atoms with van der Waals surface area (Å²) in [5.41, 5.74) is 13.9. The van der Waals surface area contributed by atoms with Crippen LogP contribution in [0.25, 0.3) is 65.9 Å². The minimum absolute atomic E-state index is 0.0702. The highest BCUT2D eigenvalue weighted by Gasteiger charge is 2.50. The molecule has 2 aliphatic heterocycles. The standard InChI is InChI=1S/C53H51N7O4/c1-28(2)44(56-52(61)64-3)27-35-13-19-40-37-8-5-4-7-31(37)26-41(40)48(35)59-22-6-9-45(59)50-54-42-20-14-32-23-29(11-17-38(32)46(42)57-50)30-12-18-39-33(24-30)15-21-43-47(39)58-51(55-43)49-34-10-16-36(25-34)60(49)53(62)63/h4-5,7-8,11-15,17-21,23-24,28,34,36,44-45,49H,6,9-10,16,22,25-27H2,1-3H3,(H,54,57)(H,55,58)(H,56,61)(H,62,63)/t34?,36?,44-,45-,49?/m0/s1. The van der Waals surface area contributed by atoms with Gasteiger partial charge in [0.05, 0.1) is 41.3 Å². The number of nitrogens with one attached hydrogen (secondary N) is 3. The number of amides is 2. The van der Waals surface area contributed by atoms with Crippen molar-refractivity contribution < 1.29 is 19.4 Å². The van der Waals surface area contributed by atoms with E-state index in [2.05, 4.69) is 131 Å². The number of anilines is 1. The zero-order chi connectivity index (χ0) is 43.4. The zero-order valence-electron chi connectivity index (χ0n) is 36.3. The number of hydrogen-bond acceptors (Lipinski definition) is 6. The molecule has 2 bridgehead atoms. The fourth-order valence-corrected chi connectivity index (χ4v) is 11.9. The van der Waals surface area contributed by atoms with Crippen LogP contribution in [-0.2, 0) is 17.6 Å². The number of piperidine rings is 1. The second-order valence-corrected chi connectivity index (χ2v) is 18.9.